The molecule has 2 aromatic rings. The molecule has 158 valence electrons. The number of rotatable bonds is 5. The van der Waals surface area contributed by atoms with E-state index in [4.69, 9.17) is 17.3 Å². The number of carboxylic acids is 1. The number of aromatic nitrogens is 2. The lowest BCUT2D eigenvalue weighted by Gasteiger charge is -2.33. The van der Waals surface area contributed by atoms with E-state index in [0.717, 1.165) is 17.4 Å². The molecule has 1 aromatic carbocycles. The SMILES string of the molecule is CC#CCn1c(N2CCC[C@@H](N)C2)cc(=O)n(Cc2ccc(Cl)cc2C(=O)O)c1=O. The Hall–Kier alpha value is -3.02. The maximum absolute atomic E-state index is 13.2. The zero-order chi connectivity index (χ0) is 21.8. The van der Waals surface area contributed by atoms with Gasteiger partial charge in [0, 0.05) is 30.2 Å². The van der Waals surface area contributed by atoms with Crippen molar-refractivity contribution in [1.29, 1.82) is 0 Å². The van der Waals surface area contributed by atoms with Crippen LogP contribution in [0.1, 0.15) is 35.7 Å². The molecule has 0 amide bonds. The van der Waals surface area contributed by atoms with Crippen LogP contribution in [0.4, 0.5) is 5.82 Å². The van der Waals surface area contributed by atoms with Gasteiger partial charge in [-0.25, -0.2) is 9.59 Å². The summed E-state index contributed by atoms with van der Waals surface area (Å²) in [4.78, 5) is 39.6. The summed E-state index contributed by atoms with van der Waals surface area (Å²) in [7, 11) is 0. The van der Waals surface area contributed by atoms with E-state index < -0.39 is 17.2 Å². The van der Waals surface area contributed by atoms with Crippen LogP contribution < -0.4 is 21.9 Å². The summed E-state index contributed by atoms with van der Waals surface area (Å²) in [6.07, 6.45) is 1.76. The number of aromatic carboxylic acids is 1. The molecule has 0 radical (unpaired) electrons. The quantitative estimate of drug-likeness (QED) is 0.693. The van der Waals surface area contributed by atoms with Crippen LogP contribution in [0.5, 0.6) is 0 Å². The van der Waals surface area contributed by atoms with E-state index in [0.29, 0.717) is 24.5 Å². The minimum atomic E-state index is -1.18. The number of anilines is 1. The Morgan fingerprint density at radius 3 is 2.73 bits per heavy atom. The number of nitrogens with zero attached hydrogens (tertiary/aromatic N) is 3. The molecule has 0 saturated carbocycles. The van der Waals surface area contributed by atoms with Crippen molar-refractivity contribution in [2.24, 2.45) is 5.73 Å². The molecule has 1 atom stereocenters. The first-order valence-electron chi connectivity index (χ1n) is 9.58. The molecule has 0 aliphatic carbocycles. The molecule has 0 bridgehead atoms. The fraction of sp³-hybridized carbons (Fsp3) is 0.381. The first-order valence-corrected chi connectivity index (χ1v) is 9.96. The number of carbonyl (C=O) groups is 1. The van der Waals surface area contributed by atoms with E-state index in [1.165, 1.54) is 28.8 Å². The van der Waals surface area contributed by atoms with Gasteiger partial charge in [0.15, 0.2) is 0 Å². The smallest absolute Gasteiger partial charge is 0.336 e. The fourth-order valence-electron chi connectivity index (χ4n) is 3.59. The van der Waals surface area contributed by atoms with Gasteiger partial charge in [-0.1, -0.05) is 23.6 Å². The standard InChI is InChI=1S/C21H23ClN4O4/c1-2-3-9-25-18(24-8-4-5-16(23)13-24)11-19(27)26(21(25)30)12-14-6-7-15(22)10-17(14)20(28)29/h6-7,10-11,16H,4-5,8-9,12-13,23H2,1H3,(H,28,29)/t16-/m1/s1. The summed E-state index contributed by atoms with van der Waals surface area (Å²) >= 11 is 5.90. The van der Waals surface area contributed by atoms with Crippen molar-refractivity contribution in [2.45, 2.75) is 38.9 Å². The molecule has 3 rings (SSSR count). The van der Waals surface area contributed by atoms with Gasteiger partial charge in [0.25, 0.3) is 5.56 Å². The maximum Gasteiger partial charge on any atom is 0.336 e. The molecule has 3 N–H and O–H groups in total. The third-order valence-electron chi connectivity index (χ3n) is 5.08. The average Bonchev–Trinajstić information content (AvgIpc) is 2.71. The van der Waals surface area contributed by atoms with Crippen LogP contribution in [-0.4, -0.2) is 39.3 Å². The summed E-state index contributed by atoms with van der Waals surface area (Å²) in [5, 5.41) is 9.71. The Bertz CT molecular complexity index is 1140. The van der Waals surface area contributed by atoms with Crippen molar-refractivity contribution in [3.8, 4) is 11.8 Å². The maximum atomic E-state index is 13.2. The topological polar surface area (TPSA) is 111 Å². The van der Waals surface area contributed by atoms with E-state index in [9.17, 15) is 19.5 Å². The summed E-state index contributed by atoms with van der Waals surface area (Å²) in [5.74, 6) is 4.93. The van der Waals surface area contributed by atoms with Gasteiger partial charge in [0.2, 0.25) is 0 Å². The number of halogens is 1. The molecule has 9 heteroatoms. The van der Waals surface area contributed by atoms with E-state index in [-0.39, 0.29) is 29.7 Å². The van der Waals surface area contributed by atoms with Crippen LogP contribution in [0.25, 0.3) is 0 Å². The second-order valence-electron chi connectivity index (χ2n) is 7.18. The normalized spacial score (nSPS) is 16.1. The van der Waals surface area contributed by atoms with Gasteiger partial charge >= 0.3 is 11.7 Å². The van der Waals surface area contributed by atoms with Gasteiger partial charge in [0.1, 0.15) is 5.82 Å². The number of nitrogens with two attached hydrogens (primary N) is 1. The molecule has 1 aromatic heterocycles. The predicted octanol–water partition coefficient (Wildman–Crippen LogP) is 1.36. The number of hydrogen-bond donors (Lipinski definition) is 2. The number of piperidine rings is 1. The summed E-state index contributed by atoms with van der Waals surface area (Å²) in [6, 6.07) is 5.70. The monoisotopic (exact) mass is 430 g/mol. The zero-order valence-electron chi connectivity index (χ0n) is 16.6. The van der Waals surface area contributed by atoms with E-state index >= 15 is 0 Å². The highest BCUT2D eigenvalue weighted by Crippen LogP contribution is 2.19. The van der Waals surface area contributed by atoms with Gasteiger partial charge in [-0.3, -0.25) is 13.9 Å². The Morgan fingerprint density at radius 2 is 2.07 bits per heavy atom. The van der Waals surface area contributed by atoms with Crippen molar-refractivity contribution in [2.75, 3.05) is 18.0 Å². The Balaban J connectivity index is 2.11. The van der Waals surface area contributed by atoms with Crippen molar-refractivity contribution >= 4 is 23.4 Å². The highest BCUT2D eigenvalue weighted by Gasteiger charge is 2.22. The zero-order valence-corrected chi connectivity index (χ0v) is 17.4. The van der Waals surface area contributed by atoms with Crippen molar-refractivity contribution in [3.05, 3.63) is 61.3 Å². The first kappa shape index (κ1) is 21.7. The van der Waals surface area contributed by atoms with Crippen LogP contribution in [0.15, 0.2) is 33.9 Å². The lowest BCUT2D eigenvalue weighted by Crippen LogP contribution is -2.48. The molecule has 0 spiro atoms. The van der Waals surface area contributed by atoms with Crippen LogP contribution >= 0.6 is 11.6 Å². The first-order chi connectivity index (χ1) is 14.3. The van der Waals surface area contributed by atoms with Crippen molar-refractivity contribution < 1.29 is 9.90 Å². The van der Waals surface area contributed by atoms with Gasteiger partial charge in [-0.05, 0) is 37.5 Å². The molecule has 2 heterocycles. The minimum absolute atomic E-state index is 0.0332. The van der Waals surface area contributed by atoms with E-state index in [1.54, 1.807) is 6.92 Å². The van der Waals surface area contributed by atoms with E-state index in [2.05, 4.69) is 11.8 Å². The average molecular weight is 431 g/mol. The van der Waals surface area contributed by atoms with Crippen LogP contribution in [0.3, 0.4) is 0 Å². The van der Waals surface area contributed by atoms with Crippen molar-refractivity contribution in [3.63, 3.8) is 0 Å². The highest BCUT2D eigenvalue weighted by atomic mass is 35.5. The third-order valence-corrected chi connectivity index (χ3v) is 5.32. The van der Waals surface area contributed by atoms with Crippen LogP contribution in [-0.2, 0) is 13.1 Å². The molecule has 1 fully saturated rings. The number of carboxylic acid groups (broad SMARTS) is 1. The largest absolute Gasteiger partial charge is 0.478 e. The fourth-order valence-corrected chi connectivity index (χ4v) is 3.76. The van der Waals surface area contributed by atoms with Gasteiger partial charge in [-0.2, -0.15) is 0 Å². The lowest BCUT2D eigenvalue weighted by molar-refractivity contribution is 0.0695. The molecular formula is C21H23ClN4O4. The molecule has 1 aliphatic heterocycles. The second kappa shape index (κ2) is 9.20. The lowest BCUT2D eigenvalue weighted by atomic mass is 10.1. The summed E-state index contributed by atoms with van der Waals surface area (Å²) in [5.41, 5.74) is 5.26. The summed E-state index contributed by atoms with van der Waals surface area (Å²) < 4.78 is 2.45. The van der Waals surface area contributed by atoms with E-state index in [1.807, 2.05) is 4.90 Å². The molecule has 1 aliphatic rings. The highest BCUT2D eigenvalue weighted by molar-refractivity contribution is 6.30. The van der Waals surface area contributed by atoms with Gasteiger partial charge in [-0.15, -0.1) is 5.92 Å². The Morgan fingerprint density at radius 1 is 1.30 bits per heavy atom. The second-order valence-corrected chi connectivity index (χ2v) is 7.61. The Labute approximate surface area is 178 Å². The van der Waals surface area contributed by atoms with Gasteiger partial charge in [0.05, 0.1) is 18.7 Å². The van der Waals surface area contributed by atoms with Crippen LogP contribution in [0.2, 0.25) is 5.02 Å². The molecule has 30 heavy (non-hydrogen) atoms. The van der Waals surface area contributed by atoms with Crippen LogP contribution in [0, 0.1) is 11.8 Å². The number of hydrogen-bond acceptors (Lipinski definition) is 5. The van der Waals surface area contributed by atoms with Crippen molar-refractivity contribution in [1.82, 2.24) is 9.13 Å². The molecule has 8 nitrogen and oxygen atoms in total. The van der Waals surface area contributed by atoms with Gasteiger partial charge < -0.3 is 15.7 Å². The summed E-state index contributed by atoms with van der Waals surface area (Å²) in [6.45, 7) is 2.84. The molecular weight excluding hydrogens is 408 g/mol. The third kappa shape index (κ3) is 4.58. The molecule has 1 saturated heterocycles. The number of benzene rings is 1. The Kier molecular flexibility index (Phi) is 6.65. The predicted molar refractivity (Wildman–Crippen MR) is 115 cm³/mol. The minimum Gasteiger partial charge on any atom is -0.478 e. The molecule has 0 unspecified atom stereocenters.